The van der Waals surface area contributed by atoms with Crippen molar-refractivity contribution in [3.63, 3.8) is 0 Å². The Morgan fingerprint density at radius 3 is 2.44 bits per heavy atom. The number of anilines is 2. The molecule has 0 bridgehead atoms. The molecule has 135 valence electrons. The van der Waals surface area contributed by atoms with Gasteiger partial charge in [-0.1, -0.05) is 0 Å². The maximum Gasteiger partial charge on any atom is 0.255 e. The number of nitrogens with two attached hydrogens (primary N) is 2. The van der Waals surface area contributed by atoms with Crippen LogP contribution in [0.3, 0.4) is 0 Å². The first-order chi connectivity index (χ1) is 12.9. The second-order valence-corrected chi connectivity index (χ2v) is 5.65. The van der Waals surface area contributed by atoms with Gasteiger partial charge in [-0.3, -0.25) is 4.98 Å². The van der Waals surface area contributed by atoms with E-state index in [2.05, 4.69) is 26.1 Å². The summed E-state index contributed by atoms with van der Waals surface area (Å²) < 4.78 is 42.9. The van der Waals surface area contributed by atoms with E-state index in [1.807, 2.05) is 0 Å². The Bertz CT molecular complexity index is 1150. The molecule has 0 aliphatic carbocycles. The Morgan fingerprint density at radius 1 is 1.00 bits per heavy atom. The molecular formula is C17H11F3N7. The van der Waals surface area contributed by atoms with Gasteiger partial charge in [-0.25, -0.2) is 13.2 Å². The van der Waals surface area contributed by atoms with E-state index in [0.717, 1.165) is 12.1 Å². The first-order valence-electron chi connectivity index (χ1n) is 7.71. The number of nitrogen functional groups attached to an aromatic ring is 2. The summed E-state index contributed by atoms with van der Waals surface area (Å²) in [4.78, 5) is 12.2. The Morgan fingerprint density at radius 2 is 1.70 bits per heavy atom. The smallest absolute Gasteiger partial charge is 0.255 e. The van der Waals surface area contributed by atoms with Gasteiger partial charge < -0.3 is 11.5 Å². The second kappa shape index (κ2) is 6.24. The van der Waals surface area contributed by atoms with Crippen LogP contribution in [-0.4, -0.2) is 24.7 Å². The minimum absolute atomic E-state index is 0.00816. The van der Waals surface area contributed by atoms with Crippen molar-refractivity contribution in [2.75, 3.05) is 11.5 Å². The van der Waals surface area contributed by atoms with Crippen molar-refractivity contribution in [3.8, 4) is 5.95 Å². The summed E-state index contributed by atoms with van der Waals surface area (Å²) in [5, 5.41) is 4.30. The Hall–Kier alpha value is -3.69. The van der Waals surface area contributed by atoms with Crippen molar-refractivity contribution in [2.24, 2.45) is 0 Å². The van der Waals surface area contributed by atoms with Gasteiger partial charge in [-0.2, -0.15) is 19.7 Å². The average Bonchev–Trinajstić information content (AvgIpc) is 3.00. The quantitative estimate of drug-likeness (QED) is 0.535. The molecule has 1 radical (unpaired) electrons. The van der Waals surface area contributed by atoms with E-state index < -0.39 is 23.0 Å². The van der Waals surface area contributed by atoms with E-state index in [0.29, 0.717) is 11.0 Å². The van der Waals surface area contributed by atoms with Crippen LogP contribution in [0, 0.1) is 23.5 Å². The van der Waals surface area contributed by atoms with Crippen LogP contribution in [-0.2, 0) is 6.42 Å². The Kier molecular flexibility index (Phi) is 3.87. The molecule has 4 rings (SSSR count). The van der Waals surface area contributed by atoms with Crippen LogP contribution in [0.25, 0.3) is 17.0 Å². The molecular weight excluding hydrogens is 359 g/mol. The Labute approximate surface area is 150 Å². The lowest BCUT2D eigenvalue weighted by molar-refractivity contribution is 0.482. The predicted molar refractivity (Wildman–Crippen MR) is 91.2 cm³/mol. The summed E-state index contributed by atoms with van der Waals surface area (Å²) >= 11 is 0. The van der Waals surface area contributed by atoms with Crippen molar-refractivity contribution < 1.29 is 13.2 Å². The molecule has 3 heterocycles. The Balaban J connectivity index is 1.90. The third-order valence-corrected chi connectivity index (χ3v) is 3.88. The topological polar surface area (TPSA) is 109 Å². The molecule has 0 atom stereocenters. The third kappa shape index (κ3) is 2.90. The summed E-state index contributed by atoms with van der Waals surface area (Å²) in [6.45, 7) is 0. The van der Waals surface area contributed by atoms with E-state index in [4.69, 9.17) is 11.5 Å². The molecule has 1 aromatic carbocycles. The molecule has 0 spiro atoms. The van der Waals surface area contributed by atoms with Gasteiger partial charge in [-0.05, 0) is 24.3 Å². The molecule has 27 heavy (non-hydrogen) atoms. The van der Waals surface area contributed by atoms with E-state index in [-0.39, 0.29) is 29.7 Å². The fourth-order valence-corrected chi connectivity index (χ4v) is 2.70. The number of rotatable bonds is 3. The highest BCUT2D eigenvalue weighted by atomic mass is 19.2. The van der Waals surface area contributed by atoms with Crippen LogP contribution in [0.4, 0.5) is 24.8 Å². The summed E-state index contributed by atoms with van der Waals surface area (Å²) in [7, 11) is 0. The second-order valence-electron chi connectivity index (χ2n) is 5.65. The molecule has 3 aromatic heterocycles. The van der Waals surface area contributed by atoms with E-state index in [9.17, 15) is 13.2 Å². The van der Waals surface area contributed by atoms with Gasteiger partial charge in [0.15, 0.2) is 11.6 Å². The number of pyridine rings is 1. The van der Waals surface area contributed by atoms with Crippen molar-refractivity contribution in [3.05, 3.63) is 65.2 Å². The van der Waals surface area contributed by atoms with Gasteiger partial charge in [0.2, 0.25) is 0 Å². The van der Waals surface area contributed by atoms with Crippen LogP contribution in [0.15, 0.2) is 30.5 Å². The van der Waals surface area contributed by atoms with Crippen molar-refractivity contribution in [1.82, 2.24) is 24.7 Å². The molecule has 10 heteroatoms. The highest BCUT2D eigenvalue weighted by Gasteiger charge is 2.20. The van der Waals surface area contributed by atoms with Gasteiger partial charge in [-0.15, -0.1) is 0 Å². The maximum atomic E-state index is 14.1. The van der Waals surface area contributed by atoms with Crippen molar-refractivity contribution >= 4 is 22.7 Å². The zero-order valence-corrected chi connectivity index (χ0v) is 13.6. The van der Waals surface area contributed by atoms with Gasteiger partial charge >= 0.3 is 0 Å². The van der Waals surface area contributed by atoms with Gasteiger partial charge in [0.25, 0.3) is 5.95 Å². The van der Waals surface area contributed by atoms with E-state index in [1.165, 1.54) is 10.9 Å². The number of nitrogens with zero attached hydrogens (tertiary/aromatic N) is 5. The van der Waals surface area contributed by atoms with Gasteiger partial charge in [0.1, 0.15) is 23.0 Å². The molecule has 7 nitrogen and oxygen atoms in total. The number of hydrogen-bond donors (Lipinski definition) is 2. The molecule has 4 N–H and O–H groups in total. The van der Waals surface area contributed by atoms with Crippen LogP contribution in [0.5, 0.6) is 0 Å². The summed E-state index contributed by atoms with van der Waals surface area (Å²) in [6.07, 6.45) is 1.18. The van der Waals surface area contributed by atoms with Crippen LogP contribution in [0.2, 0.25) is 0 Å². The largest absolute Gasteiger partial charge is 0.383 e. The number of hydrogen-bond acceptors (Lipinski definition) is 6. The molecule has 0 aliphatic heterocycles. The normalized spacial score (nSPS) is 11.2. The molecule has 0 saturated carbocycles. The monoisotopic (exact) mass is 370 g/mol. The SMILES string of the molecule is Nc1[c]c(N)nc(-n2nc(Cc3c(F)ccc(F)c3F)c3ncccc32)n1. The number of fused-ring (bicyclic) bond motifs is 1. The summed E-state index contributed by atoms with van der Waals surface area (Å²) in [5.41, 5.74) is 11.9. The van der Waals surface area contributed by atoms with Gasteiger partial charge in [0.05, 0.1) is 17.3 Å². The molecule has 0 aliphatic rings. The average molecular weight is 370 g/mol. The number of aromatic nitrogens is 5. The maximum absolute atomic E-state index is 14.1. The van der Waals surface area contributed by atoms with E-state index in [1.54, 1.807) is 12.1 Å². The third-order valence-electron chi connectivity index (χ3n) is 3.88. The highest BCUT2D eigenvalue weighted by Crippen LogP contribution is 2.24. The lowest BCUT2D eigenvalue weighted by Gasteiger charge is -2.04. The minimum Gasteiger partial charge on any atom is -0.383 e. The zero-order chi connectivity index (χ0) is 19.1. The van der Waals surface area contributed by atoms with Crippen molar-refractivity contribution in [2.45, 2.75) is 6.42 Å². The minimum atomic E-state index is -1.27. The zero-order valence-electron chi connectivity index (χ0n) is 13.6. The molecule has 0 amide bonds. The van der Waals surface area contributed by atoms with E-state index >= 15 is 0 Å². The predicted octanol–water partition coefficient (Wildman–Crippen LogP) is 2.18. The first kappa shape index (κ1) is 16.8. The van der Waals surface area contributed by atoms with Crippen LogP contribution in [0.1, 0.15) is 11.3 Å². The first-order valence-corrected chi connectivity index (χ1v) is 7.71. The molecule has 4 aromatic rings. The lowest BCUT2D eigenvalue weighted by Crippen LogP contribution is -2.08. The highest BCUT2D eigenvalue weighted by molar-refractivity contribution is 5.79. The standard InChI is InChI=1S/C17H11F3N7/c18-9-3-4-10(19)15(20)8(9)6-11-16-12(2-1-5-23-16)27(26-11)17-24-13(21)7-14(22)25-17/h1-5H,6H2,(H4,21,22,24,25). The fourth-order valence-electron chi connectivity index (χ4n) is 2.70. The fraction of sp³-hybridized carbons (Fsp3) is 0.0588. The number of halogens is 3. The summed E-state index contributed by atoms with van der Waals surface area (Å²) in [5.74, 6) is -3.24. The van der Waals surface area contributed by atoms with Crippen LogP contribution < -0.4 is 11.5 Å². The molecule has 0 saturated heterocycles. The molecule has 0 unspecified atom stereocenters. The summed E-state index contributed by atoms with van der Waals surface area (Å²) in [6, 6.07) is 7.43. The lowest BCUT2D eigenvalue weighted by atomic mass is 10.1. The molecule has 0 fully saturated rings. The number of benzene rings is 1. The van der Waals surface area contributed by atoms with Crippen LogP contribution >= 0.6 is 0 Å². The van der Waals surface area contributed by atoms with Gasteiger partial charge in [0, 0.05) is 18.2 Å². The van der Waals surface area contributed by atoms with Crippen molar-refractivity contribution in [1.29, 1.82) is 0 Å².